The third-order valence-electron chi connectivity index (χ3n) is 4.78. The molecule has 5 heteroatoms. The van der Waals surface area contributed by atoms with Crippen molar-refractivity contribution in [2.45, 2.75) is 70.6 Å². The Labute approximate surface area is 147 Å². The number of carbonyl (C=O) groups excluding carboxylic acids is 1. The SMILES string of the molecule is CC(C)(C)OC(=O)N1C2C=C(c3ccccc3C(F)F)CC1CCC2. The molecule has 3 rings (SSSR count). The molecule has 0 spiro atoms. The number of alkyl halides is 2. The first-order valence-electron chi connectivity index (χ1n) is 8.86. The lowest BCUT2D eigenvalue weighted by Crippen LogP contribution is -2.53. The molecule has 2 aliphatic rings. The Kier molecular flexibility index (Phi) is 4.85. The van der Waals surface area contributed by atoms with Gasteiger partial charge in [0.1, 0.15) is 5.60 Å². The molecular weight excluding hydrogens is 324 g/mol. The number of halogens is 2. The Morgan fingerprint density at radius 1 is 1.24 bits per heavy atom. The van der Waals surface area contributed by atoms with Gasteiger partial charge in [0.25, 0.3) is 6.43 Å². The van der Waals surface area contributed by atoms with Gasteiger partial charge in [0.05, 0.1) is 6.04 Å². The predicted molar refractivity (Wildman–Crippen MR) is 93.5 cm³/mol. The average molecular weight is 349 g/mol. The Bertz CT molecular complexity index is 679. The normalized spacial score (nSPS) is 23.4. The molecule has 2 atom stereocenters. The predicted octanol–water partition coefficient (Wildman–Crippen LogP) is 5.57. The number of piperidine rings is 1. The first-order chi connectivity index (χ1) is 11.8. The number of hydrogen-bond donors (Lipinski definition) is 0. The molecule has 0 aliphatic carbocycles. The van der Waals surface area contributed by atoms with Crippen LogP contribution in [0.1, 0.15) is 64.0 Å². The van der Waals surface area contributed by atoms with E-state index in [1.54, 1.807) is 18.2 Å². The summed E-state index contributed by atoms with van der Waals surface area (Å²) in [6, 6.07) is 6.60. The number of benzene rings is 1. The second-order valence-corrected chi connectivity index (χ2v) is 7.82. The van der Waals surface area contributed by atoms with Crippen molar-refractivity contribution >= 4 is 11.7 Å². The summed E-state index contributed by atoms with van der Waals surface area (Å²) in [5, 5.41) is 0. The van der Waals surface area contributed by atoms with E-state index in [1.807, 2.05) is 31.7 Å². The number of nitrogens with zero attached hydrogens (tertiary/aromatic N) is 1. The fourth-order valence-corrected chi connectivity index (χ4v) is 3.81. The van der Waals surface area contributed by atoms with Crippen molar-refractivity contribution in [1.82, 2.24) is 4.90 Å². The van der Waals surface area contributed by atoms with Gasteiger partial charge in [-0.25, -0.2) is 13.6 Å². The van der Waals surface area contributed by atoms with Crippen LogP contribution >= 0.6 is 0 Å². The average Bonchev–Trinajstić information content (AvgIpc) is 2.51. The summed E-state index contributed by atoms with van der Waals surface area (Å²) >= 11 is 0. The van der Waals surface area contributed by atoms with E-state index in [2.05, 4.69) is 0 Å². The zero-order valence-corrected chi connectivity index (χ0v) is 15.0. The summed E-state index contributed by atoms with van der Waals surface area (Å²) in [7, 11) is 0. The minimum Gasteiger partial charge on any atom is -0.444 e. The molecule has 0 radical (unpaired) electrons. The second-order valence-electron chi connectivity index (χ2n) is 7.82. The van der Waals surface area contributed by atoms with Crippen LogP contribution in [0.2, 0.25) is 0 Å². The van der Waals surface area contributed by atoms with Crippen molar-refractivity contribution in [2.24, 2.45) is 0 Å². The van der Waals surface area contributed by atoms with E-state index in [0.29, 0.717) is 12.0 Å². The number of fused-ring (bicyclic) bond motifs is 2. The smallest absolute Gasteiger partial charge is 0.411 e. The lowest BCUT2D eigenvalue weighted by molar-refractivity contribution is 0.0000536. The summed E-state index contributed by atoms with van der Waals surface area (Å²) < 4.78 is 32.3. The molecule has 0 N–H and O–H groups in total. The van der Waals surface area contributed by atoms with Gasteiger partial charge < -0.3 is 4.74 Å². The fourth-order valence-electron chi connectivity index (χ4n) is 3.81. The molecule has 1 fully saturated rings. The number of ether oxygens (including phenoxy) is 1. The van der Waals surface area contributed by atoms with E-state index in [-0.39, 0.29) is 23.7 Å². The topological polar surface area (TPSA) is 29.5 Å². The van der Waals surface area contributed by atoms with Crippen LogP contribution in [-0.4, -0.2) is 28.7 Å². The molecule has 2 heterocycles. The van der Waals surface area contributed by atoms with E-state index < -0.39 is 12.0 Å². The van der Waals surface area contributed by atoms with Gasteiger partial charge in [-0.2, -0.15) is 0 Å². The van der Waals surface area contributed by atoms with Gasteiger partial charge >= 0.3 is 6.09 Å². The summed E-state index contributed by atoms with van der Waals surface area (Å²) in [6.45, 7) is 5.56. The lowest BCUT2D eigenvalue weighted by Gasteiger charge is -2.45. The molecule has 2 unspecified atom stereocenters. The van der Waals surface area contributed by atoms with E-state index >= 15 is 0 Å². The molecule has 1 aromatic rings. The Hall–Kier alpha value is -1.91. The van der Waals surface area contributed by atoms with Gasteiger partial charge in [0, 0.05) is 11.6 Å². The molecular formula is C20H25F2NO2. The zero-order valence-electron chi connectivity index (χ0n) is 15.0. The van der Waals surface area contributed by atoms with Gasteiger partial charge in [-0.05, 0) is 57.6 Å². The summed E-state index contributed by atoms with van der Waals surface area (Å²) in [4.78, 5) is 14.4. The van der Waals surface area contributed by atoms with Crippen molar-refractivity contribution in [3.8, 4) is 0 Å². The maximum absolute atomic E-state index is 13.4. The molecule has 1 saturated heterocycles. The molecule has 3 nitrogen and oxygen atoms in total. The number of carbonyl (C=O) groups is 1. The minimum atomic E-state index is -2.50. The third-order valence-corrected chi connectivity index (χ3v) is 4.78. The fraction of sp³-hybridized carbons (Fsp3) is 0.550. The lowest BCUT2D eigenvalue weighted by atomic mass is 9.82. The third kappa shape index (κ3) is 3.86. The first kappa shape index (κ1) is 17.9. The highest BCUT2D eigenvalue weighted by atomic mass is 19.3. The maximum atomic E-state index is 13.4. The summed E-state index contributed by atoms with van der Waals surface area (Å²) in [5.41, 5.74) is 1.05. The van der Waals surface area contributed by atoms with Gasteiger partial charge in [0.15, 0.2) is 0 Å². The van der Waals surface area contributed by atoms with Crippen LogP contribution in [0.5, 0.6) is 0 Å². The molecule has 136 valence electrons. The molecule has 1 amide bonds. The van der Waals surface area contributed by atoms with Crippen LogP contribution in [-0.2, 0) is 4.74 Å². The second kappa shape index (κ2) is 6.77. The van der Waals surface area contributed by atoms with Crippen LogP contribution in [0.25, 0.3) is 5.57 Å². The van der Waals surface area contributed by atoms with Crippen LogP contribution in [0.15, 0.2) is 30.3 Å². The highest BCUT2D eigenvalue weighted by molar-refractivity contribution is 5.75. The van der Waals surface area contributed by atoms with Crippen LogP contribution in [0, 0.1) is 0 Å². The van der Waals surface area contributed by atoms with Crippen LogP contribution < -0.4 is 0 Å². The van der Waals surface area contributed by atoms with E-state index in [1.165, 1.54) is 6.07 Å². The van der Waals surface area contributed by atoms with E-state index in [9.17, 15) is 13.6 Å². The zero-order chi connectivity index (χ0) is 18.2. The minimum absolute atomic E-state index is 0.0133. The van der Waals surface area contributed by atoms with E-state index in [0.717, 1.165) is 24.8 Å². The molecule has 1 aromatic carbocycles. The summed E-state index contributed by atoms with van der Waals surface area (Å²) in [5.74, 6) is 0. The van der Waals surface area contributed by atoms with Gasteiger partial charge in [-0.3, -0.25) is 4.90 Å². The largest absolute Gasteiger partial charge is 0.444 e. The van der Waals surface area contributed by atoms with Crippen LogP contribution in [0.3, 0.4) is 0 Å². The van der Waals surface area contributed by atoms with Crippen molar-refractivity contribution in [2.75, 3.05) is 0 Å². The molecule has 2 aliphatic heterocycles. The molecule has 2 bridgehead atoms. The van der Waals surface area contributed by atoms with Gasteiger partial charge in [-0.15, -0.1) is 0 Å². The quantitative estimate of drug-likeness (QED) is 0.698. The summed E-state index contributed by atoms with van der Waals surface area (Å²) in [6.07, 6.45) is 2.54. The van der Waals surface area contributed by atoms with Crippen LogP contribution in [0.4, 0.5) is 13.6 Å². The maximum Gasteiger partial charge on any atom is 0.411 e. The van der Waals surface area contributed by atoms with Crippen molar-refractivity contribution < 1.29 is 18.3 Å². The highest BCUT2D eigenvalue weighted by Crippen LogP contribution is 2.40. The Morgan fingerprint density at radius 3 is 2.60 bits per heavy atom. The standard InChI is InChI=1S/C20H25F2NO2/c1-20(2,3)25-19(24)23-14-7-6-8-15(23)12-13(11-14)16-9-4-5-10-17(16)18(21)22/h4-5,9-11,14-15,18H,6-8,12H2,1-3H3. The highest BCUT2D eigenvalue weighted by Gasteiger charge is 2.39. The Balaban J connectivity index is 1.91. The molecule has 25 heavy (non-hydrogen) atoms. The Morgan fingerprint density at radius 2 is 1.96 bits per heavy atom. The van der Waals surface area contributed by atoms with Crippen molar-refractivity contribution in [3.05, 3.63) is 41.5 Å². The molecule has 0 aromatic heterocycles. The van der Waals surface area contributed by atoms with Crippen molar-refractivity contribution in [3.63, 3.8) is 0 Å². The number of hydrogen-bond acceptors (Lipinski definition) is 2. The number of rotatable bonds is 2. The van der Waals surface area contributed by atoms with Gasteiger partial charge in [0.2, 0.25) is 0 Å². The van der Waals surface area contributed by atoms with Gasteiger partial charge in [-0.1, -0.05) is 30.3 Å². The molecule has 0 saturated carbocycles. The van der Waals surface area contributed by atoms with Crippen molar-refractivity contribution in [1.29, 1.82) is 0 Å². The van der Waals surface area contributed by atoms with E-state index in [4.69, 9.17) is 4.74 Å². The first-order valence-corrected chi connectivity index (χ1v) is 8.86. The monoisotopic (exact) mass is 349 g/mol. The number of amides is 1.